The Kier molecular flexibility index (Phi) is 5.81. The van der Waals surface area contributed by atoms with E-state index in [0.29, 0.717) is 27.6 Å². The molecule has 0 spiro atoms. The fourth-order valence-electron chi connectivity index (χ4n) is 3.34. The Morgan fingerprint density at radius 3 is 2.64 bits per heavy atom. The zero-order chi connectivity index (χ0) is 22.8. The van der Waals surface area contributed by atoms with Gasteiger partial charge in [-0.15, -0.1) is 0 Å². The number of thioether (sulfide) groups is 1. The molecular formula is C25H17ClN4O2S. The maximum absolute atomic E-state index is 12.7. The predicted octanol–water partition coefficient (Wildman–Crippen LogP) is 5.59. The maximum atomic E-state index is 12.7. The van der Waals surface area contributed by atoms with Crippen LogP contribution in [-0.4, -0.2) is 27.0 Å². The van der Waals surface area contributed by atoms with Gasteiger partial charge in [-0.25, -0.2) is 0 Å². The van der Waals surface area contributed by atoms with E-state index in [-0.39, 0.29) is 11.4 Å². The molecule has 0 saturated heterocycles. The SMILES string of the molecule is N=C1C(=Cc2cccc(OCc3ccccc3)c2)C(=O)N=C2SC(c3ccccc3Cl)=NN12. The molecule has 3 aromatic carbocycles. The summed E-state index contributed by atoms with van der Waals surface area (Å²) in [6, 6.07) is 24.6. The standard InChI is InChI=1S/C25H17ClN4O2S/c26-21-12-5-4-11-19(21)24-29-30-22(27)20(23(31)28-25(30)33-24)14-17-9-6-10-18(13-17)32-15-16-7-2-1-3-8-16/h1-14,27H,15H2. The van der Waals surface area contributed by atoms with Crippen LogP contribution in [0.3, 0.4) is 0 Å². The molecule has 0 radical (unpaired) electrons. The van der Waals surface area contributed by atoms with E-state index in [1.807, 2.05) is 72.8 Å². The zero-order valence-corrected chi connectivity index (χ0v) is 18.8. The number of carbonyl (C=O) groups excluding carboxylic acids is 1. The van der Waals surface area contributed by atoms with Crippen molar-refractivity contribution in [3.05, 3.63) is 106 Å². The van der Waals surface area contributed by atoms with Crippen LogP contribution in [0.15, 0.2) is 94.5 Å². The van der Waals surface area contributed by atoms with E-state index < -0.39 is 5.91 Å². The first-order valence-electron chi connectivity index (χ1n) is 10.1. The van der Waals surface area contributed by atoms with Crippen LogP contribution < -0.4 is 4.74 Å². The first kappa shape index (κ1) is 21.2. The number of fused-ring (bicyclic) bond motifs is 1. The van der Waals surface area contributed by atoms with Gasteiger partial charge in [0.2, 0.25) is 5.17 Å². The molecule has 0 aliphatic carbocycles. The van der Waals surface area contributed by atoms with Crippen LogP contribution in [0.1, 0.15) is 16.7 Å². The second-order valence-corrected chi connectivity index (χ2v) is 8.61. The van der Waals surface area contributed by atoms with E-state index >= 15 is 0 Å². The molecule has 6 nitrogen and oxygen atoms in total. The first-order valence-corrected chi connectivity index (χ1v) is 11.3. The molecule has 33 heavy (non-hydrogen) atoms. The Labute approximate surface area is 199 Å². The molecule has 0 bridgehead atoms. The van der Waals surface area contributed by atoms with Crippen molar-refractivity contribution >= 4 is 51.4 Å². The monoisotopic (exact) mass is 472 g/mol. The van der Waals surface area contributed by atoms with E-state index in [0.717, 1.165) is 16.7 Å². The number of amides is 1. The maximum Gasteiger partial charge on any atom is 0.283 e. The summed E-state index contributed by atoms with van der Waals surface area (Å²) in [6.07, 6.45) is 1.63. The molecule has 2 heterocycles. The van der Waals surface area contributed by atoms with Crippen molar-refractivity contribution in [2.75, 3.05) is 0 Å². The lowest BCUT2D eigenvalue weighted by Gasteiger charge is -2.20. The van der Waals surface area contributed by atoms with Gasteiger partial charge in [0, 0.05) is 5.56 Å². The van der Waals surface area contributed by atoms with Crippen molar-refractivity contribution in [3.8, 4) is 5.75 Å². The predicted molar refractivity (Wildman–Crippen MR) is 133 cm³/mol. The van der Waals surface area contributed by atoms with Crippen molar-refractivity contribution in [1.82, 2.24) is 5.01 Å². The van der Waals surface area contributed by atoms with Gasteiger partial charge in [-0.3, -0.25) is 10.2 Å². The minimum atomic E-state index is -0.482. The third-order valence-electron chi connectivity index (χ3n) is 4.98. The Bertz CT molecular complexity index is 1350. The number of rotatable bonds is 5. The highest BCUT2D eigenvalue weighted by atomic mass is 35.5. The summed E-state index contributed by atoms with van der Waals surface area (Å²) < 4.78 is 5.88. The molecule has 8 heteroatoms. The van der Waals surface area contributed by atoms with E-state index in [1.54, 1.807) is 12.1 Å². The van der Waals surface area contributed by atoms with Crippen molar-refractivity contribution in [2.45, 2.75) is 6.61 Å². The number of carbonyl (C=O) groups is 1. The average Bonchev–Trinajstić information content (AvgIpc) is 3.25. The second-order valence-electron chi connectivity index (χ2n) is 7.25. The first-order chi connectivity index (χ1) is 16.1. The van der Waals surface area contributed by atoms with Crippen LogP contribution in [-0.2, 0) is 11.4 Å². The Morgan fingerprint density at radius 2 is 1.82 bits per heavy atom. The largest absolute Gasteiger partial charge is 0.489 e. The average molecular weight is 473 g/mol. The highest BCUT2D eigenvalue weighted by Gasteiger charge is 2.36. The minimum absolute atomic E-state index is 0.0323. The number of benzene rings is 3. The van der Waals surface area contributed by atoms with E-state index in [2.05, 4.69) is 10.1 Å². The smallest absolute Gasteiger partial charge is 0.283 e. The lowest BCUT2D eigenvalue weighted by molar-refractivity contribution is -0.114. The highest BCUT2D eigenvalue weighted by Crippen LogP contribution is 2.33. The van der Waals surface area contributed by atoms with E-state index in [1.165, 1.54) is 16.8 Å². The van der Waals surface area contributed by atoms with Gasteiger partial charge >= 0.3 is 0 Å². The van der Waals surface area contributed by atoms with Crippen molar-refractivity contribution < 1.29 is 9.53 Å². The number of amidine groups is 2. The number of nitrogens with one attached hydrogen (secondary N) is 1. The summed E-state index contributed by atoms with van der Waals surface area (Å²) in [4.78, 5) is 16.9. The van der Waals surface area contributed by atoms with Crippen molar-refractivity contribution in [2.24, 2.45) is 10.1 Å². The number of hydrogen-bond acceptors (Lipinski definition) is 5. The quantitative estimate of drug-likeness (QED) is 0.491. The molecule has 5 rings (SSSR count). The van der Waals surface area contributed by atoms with Gasteiger partial charge in [0.15, 0.2) is 5.84 Å². The molecule has 0 aromatic heterocycles. The van der Waals surface area contributed by atoms with Gasteiger partial charge < -0.3 is 4.74 Å². The molecule has 162 valence electrons. The van der Waals surface area contributed by atoms with Crippen molar-refractivity contribution in [3.63, 3.8) is 0 Å². The fourth-order valence-corrected chi connectivity index (χ4v) is 4.55. The lowest BCUT2D eigenvalue weighted by atomic mass is 10.1. The summed E-state index contributed by atoms with van der Waals surface area (Å²) in [5.74, 6) is 0.156. The normalized spacial score (nSPS) is 16.5. The fraction of sp³-hybridized carbons (Fsp3) is 0.0400. The summed E-state index contributed by atoms with van der Waals surface area (Å²) in [5.41, 5.74) is 2.68. The number of hydrogen-bond donors (Lipinski definition) is 1. The molecule has 1 amide bonds. The van der Waals surface area contributed by atoms with Gasteiger partial charge in [0.05, 0.1) is 10.6 Å². The Morgan fingerprint density at radius 1 is 1.03 bits per heavy atom. The number of ether oxygens (including phenoxy) is 1. The topological polar surface area (TPSA) is 78.1 Å². The molecule has 2 aliphatic heterocycles. The molecule has 3 aromatic rings. The van der Waals surface area contributed by atoms with Crippen molar-refractivity contribution in [1.29, 1.82) is 5.41 Å². The molecule has 2 aliphatic rings. The number of nitrogens with zero attached hydrogens (tertiary/aromatic N) is 3. The zero-order valence-electron chi connectivity index (χ0n) is 17.2. The summed E-state index contributed by atoms with van der Waals surface area (Å²) in [6.45, 7) is 0.438. The second kappa shape index (κ2) is 9.05. The Balaban J connectivity index is 1.38. The minimum Gasteiger partial charge on any atom is -0.489 e. The number of hydrazone groups is 1. The highest BCUT2D eigenvalue weighted by molar-refractivity contribution is 8.27. The lowest BCUT2D eigenvalue weighted by Crippen LogP contribution is -2.35. The van der Waals surface area contributed by atoms with Gasteiger partial charge in [-0.05, 0) is 47.2 Å². The number of aliphatic imine (C=N–C) groups is 1. The van der Waals surface area contributed by atoms with Crippen LogP contribution >= 0.6 is 23.4 Å². The summed E-state index contributed by atoms with van der Waals surface area (Å²) >= 11 is 7.50. The van der Waals surface area contributed by atoms with Crippen LogP contribution in [0, 0.1) is 5.41 Å². The van der Waals surface area contributed by atoms with Gasteiger partial charge in [-0.1, -0.05) is 72.3 Å². The third-order valence-corrected chi connectivity index (χ3v) is 6.25. The number of halogens is 1. The van der Waals surface area contributed by atoms with Gasteiger partial charge in [0.1, 0.15) is 17.4 Å². The molecule has 1 N–H and O–H groups in total. The molecule has 0 unspecified atom stereocenters. The summed E-state index contributed by atoms with van der Waals surface area (Å²) in [7, 11) is 0. The van der Waals surface area contributed by atoms with Crippen LogP contribution in [0.25, 0.3) is 6.08 Å². The van der Waals surface area contributed by atoms with E-state index in [9.17, 15) is 4.79 Å². The molecule has 0 atom stereocenters. The third kappa shape index (κ3) is 4.46. The van der Waals surface area contributed by atoms with Crippen LogP contribution in [0.2, 0.25) is 5.02 Å². The molecular weight excluding hydrogens is 456 g/mol. The molecule has 0 saturated carbocycles. The van der Waals surface area contributed by atoms with Crippen LogP contribution in [0.4, 0.5) is 0 Å². The van der Waals surface area contributed by atoms with Gasteiger partial charge in [-0.2, -0.15) is 15.1 Å². The van der Waals surface area contributed by atoms with Crippen LogP contribution in [0.5, 0.6) is 5.75 Å². The Hall–Kier alpha value is -3.68. The van der Waals surface area contributed by atoms with Gasteiger partial charge in [0.25, 0.3) is 5.91 Å². The van der Waals surface area contributed by atoms with E-state index in [4.69, 9.17) is 21.7 Å². The summed E-state index contributed by atoms with van der Waals surface area (Å²) in [5, 5.41) is 15.9. The molecule has 0 fully saturated rings.